The van der Waals surface area contributed by atoms with E-state index in [0.717, 1.165) is 5.69 Å². The van der Waals surface area contributed by atoms with Crippen LogP contribution >= 0.6 is 0 Å². The summed E-state index contributed by atoms with van der Waals surface area (Å²) in [5.74, 6) is -2.15. The summed E-state index contributed by atoms with van der Waals surface area (Å²) in [5, 5.41) is 19.0. The van der Waals surface area contributed by atoms with Crippen LogP contribution in [0.25, 0.3) is 6.08 Å². The van der Waals surface area contributed by atoms with Crippen molar-refractivity contribution in [2.75, 3.05) is 5.32 Å². The van der Waals surface area contributed by atoms with Crippen molar-refractivity contribution in [3.05, 3.63) is 48.2 Å². The normalized spacial score (nSPS) is 11.4. The molecule has 0 saturated carbocycles. The second-order valence-electron chi connectivity index (χ2n) is 3.74. The van der Waals surface area contributed by atoms with E-state index < -0.39 is 11.9 Å². The third-order valence-electron chi connectivity index (χ3n) is 2.24. The van der Waals surface area contributed by atoms with Crippen LogP contribution < -0.4 is 5.32 Å². The van der Waals surface area contributed by atoms with E-state index in [9.17, 15) is 9.59 Å². The quantitative estimate of drug-likeness (QED) is 0.778. The van der Waals surface area contributed by atoms with Gasteiger partial charge in [0.15, 0.2) is 0 Å². The highest BCUT2D eigenvalue weighted by molar-refractivity contribution is 5.75. The van der Waals surface area contributed by atoms with Crippen LogP contribution in [0.2, 0.25) is 0 Å². The van der Waals surface area contributed by atoms with Crippen molar-refractivity contribution in [3.63, 3.8) is 0 Å². The predicted molar refractivity (Wildman–Crippen MR) is 72.7 cm³/mol. The molecule has 0 fully saturated rings. The number of aliphatic carboxylic acids is 2. The number of hydrogen-bond acceptors (Lipinski definition) is 3. The fourth-order valence-corrected chi connectivity index (χ4v) is 1.34. The SMILES string of the molecule is C1=CNc2ccccc2C=C1.O=C(O)CCC(=O)O. The molecule has 0 saturated heterocycles. The summed E-state index contributed by atoms with van der Waals surface area (Å²) < 4.78 is 0. The topological polar surface area (TPSA) is 86.6 Å². The van der Waals surface area contributed by atoms with Gasteiger partial charge in [0.25, 0.3) is 0 Å². The van der Waals surface area contributed by atoms with Gasteiger partial charge in [-0.15, -0.1) is 0 Å². The molecule has 0 atom stereocenters. The van der Waals surface area contributed by atoms with E-state index in [1.165, 1.54) is 5.56 Å². The lowest BCUT2D eigenvalue weighted by molar-refractivity contribution is -0.143. The molecule has 19 heavy (non-hydrogen) atoms. The predicted octanol–water partition coefficient (Wildman–Crippen LogP) is 2.57. The average Bonchev–Trinajstić information content (AvgIpc) is 2.62. The molecule has 0 aliphatic carbocycles. The first-order valence-electron chi connectivity index (χ1n) is 5.72. The molecule has 2 rings (SSSR count). The molecule has 5 nitrogen and oxygen atoms in total. The first kappa shape index (κ1) is 14.5. The third-order valence-corrected chi connectivity index (χ3v) is 2.24. The minimum absolute atomic E-state index is 0.296. The molecule has 0 bridgehead atoms. The lowest BCUT2D eigenvalue weighted by Gasteiger charge is -2.01. The third kappa shape index (κ3) is 6.07. The summed E-state index contributed by atoms with van der Waals surface area (Å²) in [5.41, 5.74) is 2.40. The van der Waals surface area contributed by atoms with Crippen molar-refractivity contribution < 1.29 is 19.8 Å². The van der Waals surface area contributed by atoms with Crippen molar-refractivity contribution in [3.8, 4) is 0 Å². The van der Waals surface area contributed by atoms with E-state index in [1.807, 2.05) is 30.5 Å². The van der Waals surface area contributed by atoms with Gasteiger partial charge in [-0.05, 0) is 17.7 Å². The number of benzene rings is 1. The highest BCUT2D eigenvalue weighted by Gasteiger charge is 2.00. The lowest BCUT2D eigenvalue weighted by atomic mass is 10.2. The molecule has 1 aromatic carbocycles. The zero-order valence-corrected chi connectivity index (χ0v) is 10.2. The van der Waals surface area contributed by atoms with Gasteiger partial charge in [-0.2, -0.15) is 0 Å². The molecule has 1 aliphatic heterocycles. The Morgan fingerprint density at radius 2 is 1.63 bits per heavy atom. The van der Waals surface area contributed by atoms with E-state index in [2.05, 4.69) is 23.5 Å². The van der Waals surface area contributed by atoms with Gasteiger partial charge in [-0.1, -0.05) is 30.4 Å². The van der Waals surface area contributed by atoms with E-state index >= 15 is 0 Å². The second kappa shape index (κ2) is 7.71. The molecule has 3 N–H and O–H groups in total. The Labute approximate surface area is 110 Å². The summed E-state index contributed by atoms with van der Waals surface area (Å²) in [6, 6.07) is 8.22. The summed E-state index contributed by atoms with van der Waals surface area (Å²) in [6.45, 7) is 0. The fourth-order valence-electron chi connectivity index (χ4n) is 1.34. The van der Waals surface area contributed by atoms with Crippen molar-refractivity contribution in [1.82, 2.24) is 0 Å². The summed E-state index contributed by atoms with van der Waals surface area (Å²) >= 11 is 0. The maximum atomic E-state index is 9.64. The molecule has 1 heterocycles. The van der Waals surface area contributed by atoms with Crippen LogP contribution in [-0.2, 0) is 9.59 Å². The largest absolute Gasteiger partial charge is 0.481 e. The standard InChI is InChI=1S/C10H9N.C4H6O4/c1-2-7-10-9(5-1)6-3-4-8-11-10;5-3(6)1-2-4(7)8/h1-8,11H;1-2H2,(H,5,6)(H,7,8). The van der Waals surface area contributed by atoms with Gasteiger partial charge in [0.05, 0.1) is 12.8 Å². The Balaban J connectivity index is 0.000000203. The smallest absolute Gasteiger partial charge is 0.303 e. The Hall–Kier alpha value is -2.56. The first-order valence-corrected chi connectivity index (χ1v) is 5.72. The molecule has 0 aromatic heterocycles. The maximum absolute atomic E-state index is 9.64. The van der Waals surface area contributed by atoms with Crippen LogP contribution in [0.15, 0.2) is 42.6 Å². The Morgan fingerprint density at radius 3 is 2.26 bits per heavy atom. The number of anilines is 1. The first-order chi connectivity index (χ1) is 9.09. The van der Waals surface area contributed by atoms with Crippen LogP contribution in [0.5, 0.6) is 0 Å². The maximum Gasteiger partial charge on any atom is 0.303 e. The highest BCUT2D eigenvalue weighted by atomic mass is 16.4. The van der Waals surface area contributed by atoms with Gasteiger partial charge in [0, 0.05) is 11.9 Å². The van der Waals surface area contributed by atoms with Crippen molar-refractivity contribution in [2.45, 2.75) is 12.8 Å². The molecular weight excluding hydrogens is 246 g/mol. The van der Waals surface area contributed by atoms with Gasteiger partial charge < -0.3 is 15.5 Å². The van der Waals surface area contributed by atoms with Crippen molar-refractivity contribution in [1.29, 1.82) is 0 Å². The van der Waals surface area contributed by atoms with Gasteiger partial charge in [0.1, 0.15) is 0 Å². The molecule has 0 spiro atoms. The second-order valence-corrected chi connectivity index (χ2v) is 3.74. The monoisotopic (exact) mass is 261 g/mol. The number of rotatable bonds is 3. The van der Waals surface area contributed by atoms with Gasteiger partial charge in [-0.25, -0.2) is 0 Å². The number of para-hydroxylation sites is 1. The molecule has 100 valence electrons. The zero-order chi connectivity index (χ0) is 14.1. The van der Waals surface area contributed by atoms with Gasteiger partial charge in [-0.3, -0.25) is 9.59 Å². The number of carboxylic acids is 2. The molecule has 0 amide bonds. The van der Waals surface area contributed by atoms with E-state index in [1.54, 1.807) is 0 Å². The highest BCUT2D eigenvalue weighted by Crippen LogP contribution is 2.18. The average molecular weight is 261 g/mol. The number of nitrogens with one attached hydrogen (secondary N) is 1. The number of carbonyl (C=O) groups is 2. The van der Waals surface area contributed by atoms with Crippen molar-refractivity contribution >= 4 is 23.7 Å². The van der Waals surface area contributed by atoms with E-state index in [4.69, 9.17) is 10.2 Å². The van der Waals surface area contributed by atoms with Gasteiger partial charge in [0.2, 0.25) is 0 Å². The van der Waals surface area contributed by atoms with Crippen LogP contribution in [0.1, 0.15) is 18.4 Å². The van der Waals surface area contributed by atoms with Gasteiger partial charge >= 0.3 is 11.9 Å². The molecule has 1 aromatic rings. The van der Waals surface area contributed by atoms with Crippen LogP contribution in [0.4, 0.5) is 5.69 Å². The molecule has 5 heteroatoms. The Bertz CT molecular complexity index is 492. The Morgan fingerprint density at radius 1 is 1.00 bits per heavy atom. The molecule has 0 radical (unpaired) electrons. The molecule has 1 aliphatic rings. The fraction of sp³-hybridized carbons (Fsp3) is 0.143. The number of carboxylic acid groups (broad SMARTS) is 2. The minimum atomic E-state index is -1.08. The summed E-state index contributed by atoms with van der Waals surface area (Å²) in [7, 11) is 0. The van der Waals surface area contributed by atoms with E-state index in [-0.39, 0.29) is 12.8 Å². The number of fused-ring (bicyclic) bond motifs is 1. The van der Waals surface area contributed by atoms with Crippen LogP contribution in [0, 0.1) is 0 Å². The molecule has 0 unspecified atom stereocenters. The summed E-state index contributed by atoms with van der Waals surface area (Å²) in [4.78, 5) is 19.3. The number of hydrogen-bond donors (Lipinski definition) is 3. The van der Waals surface area contributed by atoms with Crippen LogP contribution in [-0.4, -0.2) is 22.2 Å². The van der Waals surface area contributed by atoms with E-state index in [0.29, 0.717) is 0 Å². The van der Waals surface area contributed by atoms with Crippen molar-refractivity contribution in [2.24, 2.45) is 0 Å². The summed E-state index contributed by atoms with van der Waals surface area (Å²) in [6.07, 6.45) is 7.44. The Kier molecular flexibility index (Phi) is 5.88. The zero-order valence-electron chi connectivity index (χ0n) is 10.2. The minimum Gasteiger partial charge on any atom is -0.481 e. The molecular formula is C14H15NO4. The lowest BCUT2D eigenvalue weighted by Crippen LogP contribution is -2.00. The van der Waals surface area contributed by atoms with Crippen LogP contribution in [0.3, 0.4) is 0 Å². The number of allylic oxidation sites excluding steroid dienone is 2.